The molecule has 62 valence electrons. The third-order valence-corrected chi connectivity index (χ3v) is 2.34. The predicted octanol–water partition coefficient (Wildman–Crippen LogP) is 3.86. The van der Waals surface area contributed by atoms with Gasteiger partial charge >= 0.3 is 0 Å². The third-order valence-electron chi connectivity index (χ3n) is 2.34. The lowest BCUT2D eigenvalue weighted by atomic mass is 9.95. The van der Waals surface area contributed by atoms with Gasteiger partial charge in [-0.05, 0) is 11.8 Å². The highest BCUT2D eigenvalue weighted by Crippen LogP contribution is 2.30. The molecule has 1 fully saturated rings. The third kappa shape index (κ3) is 3.24. The second-order valence-corrected chi connectivity index (χ2v) is 3.29. The lowest BCUT2D eigenvalue weighted by molar-refractivity contribution is 0.396. The fraction of sp³-hybridized carbons (Fsp3) is 1.00. The van der Waals surface area contributed by atoms with Gasteiger partial charge in [0.05, 0.1) is 0 Å². The molecule has 0 saturated heterocycles. The predicted molar refractivity (Wildman–Crippen MR) is 48.1 cm³/mol. The zero-order valence-electron chi connectivity index (χ0n) is 7.98. The largest absolute Gasteiger partial charge is 0.0683 e. The average Bonchev–Trinajstić information content (AvgIpc) is 2.42. The van der Waals surface area contributed by atoms with E-state index < -0.39 is 0 Å². The number of rotatable bonds is 1. The first kappa shape index (κ1) is 10.0. The van der Waals surface area contributed by atoms with Gasteiger partial charge in [0.25, 0.3) is 0 Å². The normalized spacial score (nSPS) is 18.9. The zero-order chi connectivity index (χ0) is 7.98. The first-order chi connectivity index (χ1) is 4.80. The Morgan fingerprint density at radius 1 is 1.00 bits per heavy atom. The standard InChI is InChI=1S/C8H16.C2H6/c1-7(2)8-5-3-4-6-8;1-2/h7-8H,3-6H2,1-2H3;1-2H3. The molecule has 0 atom stereocenters. The lowest BCUT2D eigenvalue weighted by Crippen LogP contribution is -2.01. The maximum Gasteiger partial charge on any atom is -0.0391 e. The van der Waals surface area contributed by atoms with Gasteiger partial charge in [-0.3, -0.25) is 0 Å². The van der Waals surface area contributed by atoms with E-state index in [0.29, 0.717) is 0 Å². The molecule has 0 amide bonds. The van der Waals surface area contributed by atoms with E-state index in [4.69, 9.17) is 0 Å². The van der Waals surface area contributed by atoms with Crippen molar-refractivity contribution >= 4 is 0 Å². The highest BCUT2D eigenvalue weighted by atomic mass is 14.2. The summed E-state index contributed by atoms with van der Waals surface area (Å²) >= 11 is 0. The van der Waals surface area contributed by atoms with Crippen molar-refractivity contribution < 1.29 is 0 Å². The van der Waals surface area contributed by atoms with Crippen LogP contribution in [0.5, 0.6) is 0 Å². The number of hydrogen-bond acceptors (Lipinski definition) is 0. The molecule has 0 aliphatic heterocycles. The molecule has 0 nitrogen and oxygen atoms in total. The molecule has 0 heterocycles. The SMILES string of the molecule is CC.CC(C)C1CCCC1. The molecular weight excluding hydrogens is 120 g/mol. The molecule has 0 radical (unpaired) electrons. The Morgan fingerprint density at radius 3 is 1.60 bits per heavy atom. The van der Waals surface area contributed by atoms with Gasteiger partial charge in [-0.1, -0.05) is 53.4 Å². The first-order valence-electron chi connectivity index (χ1n) is 4.80. The summed E-state index contributed by atoms with van der Waals surface area (Å²) in [5.74, 6) is 2.01. The van der Waals surface area contributed by atoms with Gasteiger partial charge in [0.15, 0.2) is 0 Å². The van der Waals surface area contributed by atoms with E-state index in [1.165, 1.54) is 25.7 Å². The van der Waals surface area contributed by atoms with E-state index >= 15 is 0 Å². The Kier molecular flexibility index (Phi) is 5.76. The highest BCUT2D eigenvalue weighted by molar-refractivity contribution is 4.69. The molecule has 0 aromatic carbocycles. The molecule has 0 aromatic rings. The van der Waals surface area contributed by atoms with Gasteiger partial charge in [-0.2, -0.15) is 0 Å². The molecule has 1 rings (SSSR count). The van der Waals surface area contributed by atoms with Crippen molar-refractivity contribution in [1.82, 2.24) is 0 Å². The van der Waals surface area contributed by atoms with Crippen LogP contribution in [0, 0.1) is 11.8 Å². The summed E-state index contributed by atoms with van der Waals surface area (Å²) in [6, 6.07) is 0. The summed E-state index contributed by atoms with van der Waals surface area (Å²) in [7, 11) is 0. The van der Waals surface area contributed by atoms with E-state index in [9.17, 15) is 0 Å². The van der Waals surface area contributed by atoms with E-state index in [-0.39, 0.29) is 0 Å². The maximum absolute atomic E-state index is 2.34. The van der Waals surface area contributed by atoms with Crippen molar-refractivity contribution in [2.24, 2.45) is 11.8 Å². The Morgan fingerprint density at radius 2 is 1.40 bits per heavy atom. The van der Waals surface area contributed by atoms with Crippen LogP contribution in [0.2, 0.25) is 0 Å². The molecule has 0 unspecified atom stereocenters. The Bertz CT molecular complexity index is 58.4. The van der Waals surface area contributed by atoms with Crippen LogP contribution in [0.4, 0.5) is 0 Å². The summed E-state index contributed by atoms with van der Waals surface area (Å²) in [5.41, 5.74) is 0. The summed E-state index contributed by atoms with van der Waals surface area (Å²) in [6.45, 7) is 8.69. The molecule has 1 aliphatic rings. The Labute approximate surface area is 66.0 Å². The van der Waals surface area contributed by atoms with E-state index in [1.807, 2.05) is 13.8 Å². The van der Waals surface area contributed by atoms with Gasteiger partial charge in [0, 0.05) is 0 Å². The summed E-state index contributed by atoms with van der Waals surface area (Å²) in [4.78, 5) is 0. The summed E-state index contributed by atoms with van der Waals surface area (Å²) in [5, 5.41) is 0. The number of hydrogen-bond donors (Lipinski definition) is 0. The van der Waals surface area contributed by atoms with E-state index in [2.05, 4.69) is 13.8 Å². The van der Waals surface area contributed by atoms with E-state index in [0.717, 1.165) is 11.8 Å². The van der Waals surface area contributed by atoms with Crippen LogP contribution in [-0.4, -0.2) is 0 Å². The van der Waals surface area contributed by atoms with Crippen molar-refractivity contribution in [3.05, 3.63) is 0 Å². The molecule has 0 heteroatoms. The molecule has 0 aromatic heterocycles. The van der Waals surface area contributed by atoms with Crippen molar-refractivity contribution in [2.45, 2.75) is 53.4 Å². The quantitative estimate of drug-likeness (QED) is 0.521. The average molecular weight is 142 g/mol. The fourth-order valence-corrected chi connectivity index (χ4v) is 1.62. The molecular formula is C10H22. The second-order valence-electron chi connectivity index (χ2n) is 3.29. The van der Waals surface area contributed by atoms with Gasteiger partial charge in [-0.25, -0.2) is 0 Å². The molecule has 0 bridgehead atoms. The lowest BCUT2D eigenvalue weighted by Gasteiger charge is -2.11. The van der Waals surface area contributed by atoms with E-state index in [1.54, 1.807) is 0 Å². The minimum Gasteiger partial charge on any atom is -0.0683 e. The van der Waals surface area contributed by atoms with Gasteiger partial charge in [-0.15, -0.1) is 0 Å². The van der Waals surface area contributed by atoms with Crippen LogP contribution < -0.4 is 0 Å². The van der Waals surface area contributed by atoms with Crippen LogP contribution in [0.1, 0.15) is 53.4 Å². The van der Waals surface area contributed by atoms with Crippen molar-refractivity contribution in [3.8, 4) is 0 Å². The van der Waals surface area contributed by atoms with Crippen LogP contribution in [0.3, 0.4) is 0 Å². The second kappa shape index (κ2) is 5.76. The Hall–Kier alpha value is 0. The van der Waals surface area contributed by atoms with Crippen molar-refractivity contribution in [1.29, 1.82) is 0 Å². The van der Waals surface area contributed by atoms with Gasteiger partial charge in [0.1, 0.15) is 0 Å². The minimum absolute atomic E-state index is 0.942. The highest BCUT2D eigenvalue weighted by Gasteiger charge is 2.17. The van der Waals surface area contributed by atoms with Gasteiger partial charge < -0.3 is 0 Å². The van der Waals surface area contributed by atoms with Crippen LogP contribution >= 0.6 is 0 Å². The molecule has 0 spiro atoms. The fourth-order valence-electron chi connectivity index (χ4n) is 1.62. The smallest absolute Gasteiger partial charge is 0.0391 e. The van der Waals surface area contributed by atoms with Gasteiger partial charge in [0.2, 0.25) is 0 Å². The molecule has 1 aliphatic carbocycles. The minimum atomic E-state index is 0.942. The van der Waals surface area contributed by atoms with Crippen molar-refractivity contribution in [3.63, 3.8) is 0 Å². The monoisotopic (exact) mass is 142 g/mol. The Balaban J connectivity index is 0.000000371. The summed E-state index contributed by atoms with van der Waals surface area (Å²) in [6.07, 6.45) is 5.97. The van der Waals surface area contributed by atoms with Crippen LogP contribution in [0.25, 0.3) is 0 Å². The molecule has 1 saturated carbocycles. The maximum atomic E-state index is 2.34. The molecule has 10 heavy (non-hydrogen) atoms. The van der Waals surface area contributed by atoms with Crippen molar-refractivity contribution in [2.75, 3.05) is 0 Å². The zero-order valence-corrected chi connectivity index (χ0v) is 7.98. The first-order valence-corrected chi connectivity index (χ1v) is 4.80. The topological polar surface area (TPSA) is 0 Å². The van der Waals surface area contributed by atoms with Crippen LogP contribution in [0.15, 0.2) is 0 Å². The molecule has 0 N–H and O–H groups in total. The van der Waals surface area contributed by atoms with Crippen LogP contribution in [-0.2, 0) is 0 Å². The summed E-state index contributed by atoms with van der Waals surface area (Å²) < 4.78 is 0.